The van der Waals surface area contributed by atoms with Crippen LogP contribution in [0, 0.1) is 0 Å². The molecule has 0 aliphatic carbocycles. The smallest absolute Gasteiger partial charge is 0.357 e. The lowest BCUT2D eigenvalue weighted by Gasteiger charge is -2.12. The van der Waals surface area contributed by atoms with Crippen molar-refractivity contribution in [2.75, 3.05) is 0 Å². The molecule has 2 heterocycles. The molecule has 0 saturated heterocycles. The number of aromatic nitrogens is 2. The van der Waals surface area contributed by atoms with E-state index in [1.807, 2.05) is 30.3 Å². The maximum Gasteiger partial charge on any atom is 0.357 e. The standard InChI is InChI=1S/C18H17N3O4/c1-12(17(22)19-11-14-8-5-9-24-14)25-18(23)16-10-15(20-21-16)13-6-3-2-4-7-13/h2-10,12H,11H2,1H3,(H,19,22)(H,20,21)/t12-/m0/s1. The number of hydrogen-bond donors (Lipinski definition) is 2. The van der Waals surface area contributed by atoms with Gasteiger partial charge in [0.25, 0.3) is 5.91 Å². The number of H-pyrrole nitrogens is 1. The first-order valence-corrected chi connectivity index (χ1v) is 7.75. The van der Waals surface area contributed by atoms with Gasteiger partial charge in [-0.15, -0.1) is 0 Å². The molecule has 7 heteroatoms. The Hall–Kier alpha value is -3.35. The summed E-state index contributed by atoms with van der Waals surface area (Å²) in [7, 11) is 0. The van der Waals surface area contributed by atoms with Crippen molar-refractivity contribution in [3.63, 3.8) is 0 Å². The zero-order valence-corrected chi connectivity index (χ0v) is 13.6. The Balaban J connectivity index is 1.56. The number of ether oxygens (including phenoxy) is 1. The molecular weight excluding hydrogens is 322 g/mol. The van der Waals surface area contributed by atoms with Crippen LogP contribution in [0.3, 0.4) is 0 Å². The second kappa shape index (κ2) is 7.48. The number of nitrogens with zero attached hydrogens (tertiary/aromatic N) is 1. The summed E-state index contributed by atoms with van der Waals surface area (Å²) in [6, 6.07) is 14.5. The summed E-state index contributed by atoms with van der Waals surface area (Å²) in [4.78, 5) is 24.1. The molecule has 0 radical (unpaired) electrons. The van der Waals surface area contributed by atoms with Crippen LogP contribution in [0.15, 0.2) is 59.2 Å². The predicted molar refractivity (Wildman–Crippen MR) is 89.5 cm³/mol. The number of carbonyl (C=O) groups is 2. The van der Waals surface area contributed by atoms with Crippen LogP contribution in [0.4, 0.5) is 0 Å². The number of nitrogens with one attached hydrogen (secondary N) is 2. The van der Waals surface area contributed by atoms with E-state index in [-0.39, 0.29) is 12.2 Å². The third-order valence-electron chi connectivity index (χ3n) is 3.54. The van der Waals surface area contributed by atoms with E-state index in [0.29, 0.717) is 11.5 Å². The Morgan fingerprint density at radius 3 is 2.76 bits per heavy atom. The Kier molecular flexibility index (Phi) is 4.94. The molecule has 3 rings (SSSR count). The van der Waals surface area contributed by atoms with Gasteiger partial charge in [0, 0.05) is 5.56 Å². The Morgan fingerprint density at radius 2 is 2.04 bits per heavy atom. The van der Waals surface area contributed by atoms with E-state index < -0.39 is 18.0 Å². The second-order valence-corrected chi connectivity index (χ2v) is 5.38. The van der Waals surface area contributed by atoms with Gasteiger partial charge in [0.1, 0.15) is 11.5 Å². The number of furan rings is 1. The molecule has 0 saturated carbocycles. The number of aromatic amines is 1. The highest BCUT2D eigenvalue weighted by atomic mass is 16.5. The van der Waals surface area contributed by atoms with Crippen molar-refractivity contribution in [2.24, 2.45) is 0 Å². The molecule has 0 aliphatic heterocycles. The summed E-state index contributed by atoms with van der Waals surface area (Å²) in [6.07, 6.45) is 0.582. The third-order valence-corrected chi connectivity index (χ3v) is 3.54. The molecule has 1 amide bonds. The van der Waals surface area contributed by atoms with Crippen LogP contribution in [-0.4, -0.2) is 28.2 Å². The number of amides is 1. The van der Waals surface area contributed by atoms with Gasteiger partial charge in [0.05, 0.1) is 18.5 Å². The first-order valence-electron chi connectivity index (χ1n) is 7.75. The maximum atomic E-state index is 12.1. The minimum atomic E-state index is -0.939. The number of hydrogen-bond acceptors (Lipinski definition) is 5. The summed E-state index contributed by atoms with van der Waals surface area (Å²) >= 11 is 0. The number of carbonyl (C=O) groups excluding carboxylic acids is 2. The average Bonchev–Trinajstić information content (AvgIpc) is 3.32. The zero-order chi connectivity index (χ0) is 17.6. The zero-order valence-electron chi connectivity index (χ0n) is 13.6. The van der Waals surface area contributed by atoms with Crippen molar-refractivity contribution in [1.82, 2.24) is 15.5 Å². The van der Waals surface area contributed by atoms with Crippen molar-refractivity contribution < 1.29 is 18.7 Å². The number of benzene rings is 1. The molecule has 3 aromatic rings. The molecule has 0 spiro atoms. The van der Waals surface area contributed by atoms with Gasteiger partial charge in [0.15, 0.2) is 6.10 Å². The van der Waals surface area contributed by atoms with Crippen molar-refractivity contribution in [1.29, 1.82) is 0 Å². The number of esters is 1. The summed E-state index contributed by atoms with van der Waals surface area (Å²) in [5.41, 5.74) is 1.69. The van der Waals surface area contributed by atoms with E-state index in [4.69, 9.17) is 9.15 Å². The second-order valence-electron chi connectivity index (χ2n) is 5.38. The normalized spacial score (nSPS) is 11.7. The topological polar surface area (TPSA) is 97.2 Å². The lowest BCUT2D eigenvalue weighted by atomic mass is 10.1. The van der Waals surface area contributed by atoms with Gasteiger partial charge >= 0.3 is 5.97 Å². The van der Waals surface area contributed by atoms with Crippen molar-refractivity contribution >= 4 is 11.9 Å². The van der Waals surface area contributed by atoms with Gasteiger partial charge in [0.2, 0.25) is 0 Å². The fourth-order valence-corrected chi connectivity index (χ4v) is 2.19. The fourth-order valence-electron chi connectivity index (χ4n) is 2.19. The lowest BCUT2D eigenvalue weighted by molar-refractivity contribution is -0.129. The largest absolute Gasteiger partial charge is 0.467 e. The van der Waals surface area contributed by atoms with E-state index >= 15 is 0 Å². The summed E-state index contributed by atoms with van der Waals surface area (Å²) in [6.45, 7) is 1.74. The van der Waals surface area contributed by atoms with E-state index in [0.717, 1.165) is 5.56 Å². The molecule has 0 bridgehead atoms. The van der Waals surface area contributed by atoms with E-state index in [1.165, 1.54) is 13.2 Å². The molecule has 2 aromatic heterocycles. The Labute approximate surface area is 144 Å². The molecule has 0 unspecified atom stereocenters. The van der Waals surface area contributed by atoms with Crippen molar-refractivity contribution in [3.8, 4) is 11.3 Å². The minimum absolute atomic E-state index is 0.185. The van der Waals surface area contributed by atoms with Crippen LogP contribution in [0.5, 0.6) is 0 Å². The first-order chi connectivity index (χ1) is 12.1. The quantitative estimate of drug-likeness (QED) is 0.673. The van der Waals surface area contributed by atoms with E-state index in [2.05, 4.69) is 15.5 Å². The lowest BCUT2D eigenvalue weighted by Crippen LogP contribution is -2.35. The molecule has 128 valence electrons. The summed E-state index contributed by atoms with van der Waals surface area (Å²) in [5.74, 6) is -0.434. The van der Waals surface area contributed by atoms with Gasteiger partial charge in [-0.05, 0) is 25.1 Å². The van der Waals surface area contributed by atoms with Crippen LogP contribution in [0.1, 0.15) is 23.2 Å². The molecule has 0 fully saturated rings. The summed E-state index contributed by atoms with van der Waals surface area (Å²) < 4.78 is 10.3. The molecule has 25 heavy (non-hydrogen) atoms. The van der Waals surface area contributed by atoms with Gasteiger partial charge in [-0.25, -0.2) is 4.79 Å². The minimum Gasteiger partial charge on any atom is -0.467 e. The molecule has 2 N–H and O–H groups in total. The first kappa shape index (κ1) is 16.5. The fraction of sp³-hybridized carbons (Fsp3) is 0.167. The molecule has 1 atom stereocenters. The monoisotopic (exact) mass is 339 g/mol. The van der Waals surface area contributed by atoms with Gasteiger partial charge < -0.3 is 14.5 Å². The number of rotatable bonds is 6. The van der Waals surface area contributed by atoms with Crippen LogP contribution >= 0.6 is 0 Å². The van der Waals surface area contributed by atoms with Crippen LogP contribution in [0.2, 0.25) is 0 Å². The molecule has 1 aromatic carbocycles. The average molecular weight is 339 g/mol. The van der Waals surface area contributed by atoms with Crippen molar-refractivity contribution in [2.45, 2.75) is 19.6 Å². The van der Waals surface area contributed by atoms with Gasteiger partial charge in [-0.1, -0.05) is 30.3 Å². The van der Waals surface area contributed by atoms with Gasteiger partial charge in [-0.3, -0.25) is 9.89 Å². The molecule has 0 aliphatic rings. The van der Waals surface area contributed by atoms with E-state index in [1.54, 1.807) is 18.2 Å². The van der Waals surface area contributed by atoms with Gasteiger partial charge in [-0.2, -0.15) is 5.10 Å². The highest BCUT2D eigenvalue weighted by molar-refractivity contribution is 5.91. The highest BCUT2D eigenvalue weighted by Gasteiger charge is 2.20. The Morgan fingerprint density at radius 1 is 1.24 bits per heavy atom. The molecular formula is C18H17N3O4. The third kappa shape index (κ3) is 4.14. The van der Waals surface area contributed by atoms with Crippen LogP contribution in [-0.2, 0) is 16.1 Å². The maximum absolute atomic E-state index is 12.1. The molecule has 7 nitrogen and oxygen atoms in total. The van der Waals surface area contributed by atoms with Crippen molar-refractivity contribution in [3.05, 3.63) is 66.2 Å². The van der Waals surface area contributed by atoms with Crippen LogP contribution in [0.25, 0.3) is 11.3 Å². The van der Waals surface area contributed by atoms with Crippen LogP contribution < -0.4 is 5.32 Å². The summed E-state index contributed by atoms with van der Waals surface area (Å²) in [5, 5.41) is 9.36. The predicted octanol–water partition coefficient (Wildman–Crippen LogP) is 2.53. The Bertz CT molecular complexity index is 840. The van der Waals surface area contributed by atoms with E-state index in [9.17, 15) is 9.59 Å². The SMILES string of the molecule is C[C@H](OC(=O)c1cc(-c2ccccc2)n[nH]1)C(=O)NCc1ccco1. The highest BCUT2D eigenvalue weighted by Crippen LogP contribution is 2.17.